The number of carbonyl (C=O) groups is 2. The van der Waals surface area contributed by atoms with Gasteiger partial charge in [-0.25, -0.2) is 10.4 Å². The van der Waals surface area contributed by atoms with Gasteiger partial charge in [0.15, 0.2) is 0 Å². The fraction of sp³-hybridized carbons (Fsp3) is 0.235. The second-order valence-corrected chi connectivity index (χ2v) is 5.93. The highest BCUT2D eigenvalue weighted by molar-refractivity contribution is 6.07. The van der Waals surface area contributed by atoms with E-state index in [4.69, 9.17) is 4.74 Å². The topological polar surface area (TPSA) is 119 Å². The molecule has 0 radical (unpaired) electrons. The third-order valence-electron chi connectivity index (χ3n) is 3.90. The summed E-state index contributed by atoms with van der Waals surface area (Å²) in [6.07, 6.45) is -3.44. The molecule has 3 aromatic rings. The summed E-state index contributed by atoms with van der Waals surface area (Å²) < 4.78 is 45.2. The Hall–Kier alpha value is -3.70. The zero-order valence-electron chi connectivity index (χ0n) is 15.1. The van der Waals surface area contributed by atoms with Crippen molar-refractivity contribution < 1.29 is 32.6 Å². The summed E-state index contributed by atoms with van der Waals surface area (Å²) in [6.45, 7) is 2.40. The molecule has 1 aromatic carbocycles. The smallest absolute Gasteiger partial charge is 0.418 e. The maximum Gasteiger partial charge on any atom is 0.418 e. The van der Waals surface area contributed by atoms with E-state index in [2.05, 4.69) is 20.6 Å². The molecule has 1 atom stereocenters. The first kappa shape index (κ1) is 20.0. The highest BCUT2D eigenvalue weighted by atomic mass is 19.4. The summed E-state index contributed by atoms with van der Waals surface area (Å²) in [5.74, 6) is -2.46. The van der Waals surface area contributed by atoms with Crippen LogP contribution in [-0.4, -0.2) is 37.1 Å². The SMILES string of the molecule is CC(=O)OC(C)c1nc2c(C(F)(F)F)cccc2c(O)c1C(=O)Nn1nccn1. The molecule has 3 rings (SSSR count). The number of benzene rings is 1. The molecule has 0 saturated carbocycles. The average Bonchev–Trinajstić information content (AvgIpc) is 3.12. The second-order valence-electron chi connectivity index (χ2n) is 5.93. The van der Waals surface area contributed by atoms with E-state index < -0.39 is 46.5 Å². The number of aromatic nitrogens is 4. The monoisotopic (exact) mass is 409 g/mol. The molecule has 0 aliphatic rings. The first-order chi connectivity index (χ1) is 13.6. The van der Waals surface area contributed by atoms with Crippen molar-refractivity contribution in [1.82, 2.24) is 20.1 Å². The number of amides is 1. The Morgan fingerprint density at radius 2 is 1.90 bits per heavy atom. The van der Waals surface area contributed by atoms with E-state index in [9.17, 15) is 27.9 Å². The van der Waals surface area contributed by atoms with Gasteiger partial charge in [0.05, 0.1) is 29.2 Å². The number of esters is 1. The summed E-state index contributed by atoms with van der Waals surface area (Å²) in [5, 5.41) is 17.7. The lowest BCUT2D eigenvalue weighted by atomic mass is 10.0. The third kappa shape index (κ3) is 3.95. The minimum atomic E-state index is -4.76. The number of alkyl halides is 3. The highest BCUT2D eigenvalue weighted by Gasteiger charge is 2.35. The van der Waals surface area contributed by atoms with Crippen LogP contribution in [-0.2, 0) is 15.7 Å². The largest absolute Gasteiger partial charge is 0.506 e. The number of halogens is 3. The number of carbonyl (C=O) groups excluding carboxylic acids is 2. The van der Waals surface area contributed by atoms with Crippen LogP contribution in [0.15, 0.2) is 30.6 Å². The first-order valence-electron chi connectivity index (χ1n) is 8.17. The van der Waals surface area contributed by atoms with Crippen LogP contribution in [0.5, 0.6) is 5.75 Å². The number of pyridine rings is 1. The Kier molecular flexibility index (Phi) is 5.10. The van der Waals surface area contributed by atoms with Gasteiger partial charge in [0.1, 0.15) is 17.4 Å². The Balaban J connectivity index is 2.26. The van der Waals surface area contributed by atoms with Gasteiger partial charge in [0, 0.05) is 12.3 Å². The number of para-hydroxylation sites is 1. The number of ether oxygens (including phenoxy) is 1. The third-order valence-corrected chi connectivity index (χ3v) is 3.90. The highest BCUT2D eigenvalue weighted by Crippen LogP contribution is 2.39. The van der Waals surface area contributed by atoms with Gasteiger partial charge in [-0.3, -0.25) is 9.59 Å². The molecule has 0 aliphatic carbocycles. The minimum absolute atomic E-state index is 0.294. The first-order valence-corrected chi connectivity index (χ1v) is 8.17. The van der Waals surface area contributed by atoms with Crippen LogP contribution in [0.3, 0.4) is 0 Å². The van der Waals surface area contributed by atoms with Crippen LogP contribution in [0, 0.1) is 0 Å². The molecule has 0 aliphatic heterocycles. The fourth-order valence-electron chi connectivity index (χ4n) is 2.76. The van der Waals surface area contributed by atoms with Crippen molar-refractivity contribution in [2.24, 2.45) is 0 Å². The number of hydrogen-bond donors (Lipinski definition) is 2. The van der Waals surface area contributed by atoms with Crippen molar-refractivity contribution in [2.75, 3.05) is 5.43 Å². The predicted molar refractivity (Wildman–Crippen MR) is 92.3 cm³/mol. The molecule has 29 heavy (non-hydrogen) atoms. The summed E-state index contributed by atoms with van der Waals surface area (Å²) in [5.41, 5.74) is -0.287. The number of fused-ring (bicyclic) bond motifs is 1. The van der Waals surface area contributed by atoms with Crippen LogP contribution in [0.25, 0.3) is 10.9 Å². The minimum Gasteiger partial charge on any atom is -0.506 e. The second kappa shape index (κ2) is 7.37. The molecule has 0 fully saturated rings. The van der Waals surface area contributed by atoms with Crippen molar-refractivity contribution in [3.05, 3.63) is 47.4 Å². The normalized spacial score (nSPS) is 12.6. The quantitative estimate of drug-likeness (QED) is 0.636. The molecular formula is C17H14F3N5O4. The number of hydrogen-bond acceptors (Lipinski definition) is 7. The van der Waals surface area contributed by atoms with Gasteiger partial charge in [0.2, 0.25) is 0 Å². The van der Waals surface area contributed by atoms with E-state index in [1.54, 1.807) is 0 Å². The fourth-order valence-corrected chi connectivity index (χ4v) is 2.76. The molecule has 1 amide bonds. The van der Waals surface area contributed by atoms with Crippen molar-refractivity contribution >= 4 is 22.8 Å². The molecule has 0 saturated heterocycles. The number of nitrogens with one attached hydrogen (secondary N) is 1. The average molecular weight is 409 g/mol. The molecule has 2 aromatic heterocycles. The van der Waals surface area contributed by atoms with Gasteiger partial charge in [-0.15, -0.1) is 10.2 Å². The van der Waals surface area contributed by atoms with E-state index in [1.165, 1.54) is 25.4 Å². The Bertz CT molecular complexity index is 1080. The number of aromatic hydroxyl groups is 1. The number of nitrogens with zero attached hydrogens (tertiary/aromatic N) is 4. The Morgan fingerprint density at radius 3 is 2.48 bits per heavy atom. The standard InChI is InChI=1S/C17H14F3N5O4/c1-8(29-9(2)26)13-12(16(28)24-25-21-6-7-22-25)15(27)10-4-3-5-11(14(10)23-13)17(18,19)20/h3-8H,1-2H3,(H,23,27)(H,24,28). The molecule has 9 nitrogen and oxygen atoms in total. The molecular weight excluding hydrogens is 395 g/mol. The van der Waals surface area contributed by atoms with E-state index in [0.29, 0.717) is 0 Å². The van der Waals surface area contributed by atoms with Gasteiger partial charge in [-0.05, 0) is 19.1 Å². The molecule has 12 heteroatoms. The molecule has 1 unspecified atom stereocenters. The summed E-state index contributed by atoms with van der Waals surface area (Å²) in [4.78, 5) is 28.7. The van der Waals surface area contributed by atoms with E-state index in [1.807, 2.05) is 0 Å². The summed E-state index contributed by atoms with van der Waals surface area (Å²) in [7, 11) is 0. The Morgan fingerprint density at radius 1 is 1.24 bits per heavy atom. The lowest BCUT2D eigenvalue weighted by Crippen LogP contribution is -2.27. The van der Waals surface area contributed by atoms with Crippen molar-refractivity contribution in [3.63, 3.8) is 0 Å². The lowest BCUT2D eigenvalue weighted by molar-refractivity contribution is -0.146. The molecule has 2 heterocycles. The maximum atomic E-state index is 13.4. The predicted octanol–water partition coefficient (Wildman–Crippen LogP) is 2.56. The number of rotatable bonds is 4. The summed E-state index contributed by atoms with van der Waals surface area (Å²) in [6, 6.07) is 3.07. The lowest BCUT2D eigenvalue weighted by Gasteiger charge is -2.19. The zero-order valence-corrected chi connectivity index (χ0v) is 15.1. The molecule has 0 spiro atoms. The zero-order chi connectivity index (χ0) is 21.3. The van der Waals surface area contributed by atoms with Gasteiger partial charge in [-0.1, -0.05) is 11.0 Å². The van der Waals surface area contributed by atoms with E-state index in [0.717, 1.165) is 24.0 Å². The van der Waals surface area contributed by atoms with Crippen LogP contribution in [0.1, 0.15) is 41.6 Å². The maximum absolute atomic E-state index is 13.4. The Labute approximate surface area is 161 Å². The van der Waals surface area contributed by atoms with Crippen molar-refractivity contribution in [1.29, 1.82) is 0 Å². The van der Waals surface area contributed by atoms with Crippen LogP contribution < -0.4 is 5.43 Å². The van der Waals surface area contributed by atoms with Crippen LogP contribution >= 0.6 is 0 Å². The van der Waals surface area contributed by atoms with Crippen molar-refractivity contribution in [2.45, 2.75) is 26.1 Å². The molecule has 0 bridgehead atoms. The van der Waals surface area contributed by atoms with Gasteiger partial charge >= 0.3 is 12.1 Å². The molecule has 152 valence electrons. The van der Waals surface area contributed by atoms with Gasteiger partial charge < -0.3 is 9.84 Å². The van der Waals surface area contributed by atoms with Crippen LogP contribution in [0.4, 0.5) is 13.2 Å². The van der Waals surface area contributed by atoms with Gasteiger partial charge in [0.25, 0.3) is 5.91 Å². The van der Waals surface area contributed by atoms with Gasteiger partial charge in [-0.2, -0.15) is 13.2 Å². The molecule has 2 N–H and O–H groups in total. The van der Waals surface area contributed by atoms with E-state index in [-0.39, 0.29) is 11.1 Å². The van der Waals surface area contributed by atoms with E-state index >= 15 is 0 Å². The summed E-state index contributed by atoms with van der Waals surface area (Å²) >= 11 is 0. The van der Waals surface area contributed by atoms with Crippen molar-refractivity contribution in [3.8, 4) is 5.75 Å². The van der Waals surface area contributed by atoms with Crippen LogP contribution in [0.2, 0.25) is 0 Å².